The number of thiophene rings is 1. The number of nitrogens with one attached hydrogen (secondary N) is 1. The van der Waals surface area contributed by atoms with Gasteiger partial charge in [-0.15, -0.1) is 11.3 Å². The summed E-state index contributed by atoms with van der Waals surface area (Å²) in [5, 5.41) is 7.75. The van der Waals surface area contributed by atoms with Crippen molar-refractivity contribution >= 4 is 33.2 Å². The van der Waals surface area contributed by atoms with Crippen LogP contribution in [0, 0.1) is 0 Å². The standard InChI is InChI=1S/C11H9BrF3N3OS/c1-18-8(7(12)9(17-18)11(13,14)15)10(19)16-5-6-3-2-4-20-6/h2-4H,5H2,1H3,(H,16,19). The molecule has 0 bridgehead atoms. The Hall–Kier alpha value is -1.35. The second-order valence-corrected chi connectivity index (χ2v) is 5.72. The molecule has 4 nitrogen and oxygen atoms in total. The number of aromatic nitrogens is 2. The third kappa shape index (κ3) is 3.04. The van der Waals surface area contributed by atoms with Crippen LogP contribution in [0.4, 0.5) is 13.2 Å². The maximum absolute atomic E-state index is 12.7. The molecular weight excluding hydrogens is 359 g/mol. The minimum atomic E-state index is -4.61. The molecule has 2 aromatic rings. The molecule has 2 heterocycles. The van der Waals surface area contributed by atoms with Gasteiger partial charge in [0.05, 0.1) is 11.0 Å². The molecule has 2 rings (SSSR count). The maximum atomic E-state index is 12.7. The quantitative estimate of drug-likeness (QED) is 0.905. The van der Waals surface area contributed by atoms with Crippen LogP contribution < -0.4 is 5.32 Å². The van der Waals surface area contributed by atoms with Crippen LogP contribution in [0.1, 0.15) is 21.1 Å². The van der Waals surface area contributed by atoms with E-state index in [1.165, 1.54) is 18.4 Å². The topological polar surface area (TPSA) is 46.9 Å². The highest BCUT2D eigenvalue weighted by atomic mass is 79.9. The van der Waals surface area contributed by atoms with Gasteiger partial charge in [0.25, 0.3) is 5.91 Å². The van der Waals surface area contributed by atoms with Crippen LogP contribution in [0.15, 0.2) is 22.0 Å². The number of alkyl halides is 3. The molecule has 0 saturated carbocycles. The zero-order chi connectivity index (χ0) is 14.9. The molecule has 0 radical (unpaired) electrons. The van der Waals surface area contributed by atoms with Crippen molar-refractivity contribution in [2.75, 3.05) is 0 Å². The average molecular weight is 368 g/mol. The molecule has 0 aromatic carbocycles. The number of hydrogen-bond acceptors (Lipinski definition) is 3. The number of hydrogen-bond donors (Lipinski definition) is 1. The summed E-state index contributed by atoms with van der Waals surface area (Å²) >= 11 is 4.24. The molecule has 0 atom stereocenters. The molecule has 0 aliphatic heterocycles. The molecule has 108 valence electrons. The van der Waals surface area contributed by atoms with E-state index >= 15 is 0 Å². The summed E-state index contributed by atoms with van der Waals surface area (Å²) < 4.78 is 38.6. The lowest BCUT2D eigenvalue weighted by atomic mass is 10.3. The van der Waals surface area contributed by atoms with Crippen LogP contribution >= 0.6 is 27.3 Å². The lowest BCUT2D eigenvalue weighted by molar-refractivity contribution is -0.142. The van der Waals surface area contributed by atoms with E-state index in [0.717, 1.165) is 9.56 Å². The average Bonchev–Trinajstić information content (AvgIpc) is 2.94. The second-order valence-electron chi connectivity index (χ2n) is 3.89. The van der Waals surface area contributed by atoms with Gasteiger partial charge in [0, 0.05) is 11.9 Å². The van der Waals surface area contributed by atoms with E-state index in [-0.39, 0.29) is 16.7 Å². The van der Waals surface area contributed by atoms with Gasteiger partial charge in [0.1, 0.15) is 5.69 Å². The van der Waals surface area contributed by atoms with Gasteiger partial charge in [-0.2, -0.15) is 18.3 Å². The van der Waals surface area contributed by atoms with Crippen LogP contribution in [-0.4, -0.2) is 15.7 Å². The lowest BCUT2D eigenvalue weighted by Crippen LogP contribution is -2.25. The van der Waals surface area contributed by atoms with Gasteiger partial charge in [-0.3, -0.25) is 9.48 Å². The van der Waals surface area contributed by atoms with Crippen molar-refractivity contribution in [3.05, 3.63) is 38.3 Å². The summed E-state index contributed by atoms with van der Waals surface area (Å²) in [5.74, 6) is -0.615. The van der Waals surface area contributed by atoms with Crippen molar-refractivity contribution in [2.45, 2.75) is 12.7 Å². The Balaban J connectivity index is 2.20. The fraction of sp³-hybridized carbons (Fsp3) is 0.273. The fourth-order valence-corrected chi connectivity index (χ4v) is 2.98. The van der Waals surface area contributed by atoms with Gasteiger partial charge in [-0.1, -0.05) is 6.07 Å². The molecule has 0 spiro atoms. The Morgan fingerprint density at radius 1 is 1.55 bits per heavy atom. The van der Waals surface area contributed by atoms with E-state index in [0.29, 0.717) is 0 Å². The summed E-state index contributed by atoms with van der Waals surface area (Å²) in [6.07, 6.45) is -4.61. The number of carbonyl (C=O) groups excluding carboxylic acids is 1. The Kier molecular flexibility index (Phi) is 4.19. The van der Waals surface area contributed by atoms with Gasteiger partial charge in [-0.25, -0.2) is 0 Å². The molecule has 9 heteroatoms. The first kappa shape index (κ1) is 15.0. The fourth-order valence-electron chi connectivity index (χ4n) is 1.59. The van der Waals surface area contributed by atoms with Crippen molar-refractivity contribution < 1.29 is 18.0 Å². The second kappa shape index (κ2) is 5.57. The molecule has 0 aliphatic rings. The number of amides is 1. The number of carbonyl (C=O) groups is 1. The van der Waals surface area contributed by atoms with Crippen LogP contribution in [-0.2, 0) is 19.8 Å². The van der Waals surface area contributed by atoms with Gasteiger partial charge in [-0.05, 0) is 27.4 Å². The Morgan fingerprint density at radius 3 is 2.75 bits per heavy atom. The van der Waals surface area contributed by atoms with Crippen molar-refractivity contribution in [1.82, 2.24) is 15.1 Å². The first-order valence-electron chi connectivity index (χ1n) is 5.41. The minimum Gasteiger partial charge on any atom is -0.346 e. The molecule has 1 N–H and O–H groups in total. The molecule has 1 amide bonds. The van der Waals surface area contributed by atoms with E-state index in [9.17, 15) is 18.0 Å². The minimum absolute atomic E-state index is 0.158. The Labute approximate surface area is 124 Å². The van der Waals surface area contributed by atoms with Crippen molar-refractivity contribution in [3.63, 3.8) is 0 Å². The summed E-state index contributed by atoms with van der Waals surface area (Å²) in [4.78, 5) is 12.9. The molecular formula is C11H9BrF3N3OS. The number of halogens is 4. The predicted octanol–water partition coefficient (Wildman–Crippen LogP) is 3.19. The van der Waals surface area contributed by atoms with Crippen molar-refractivity contribution in [2.24, 2.45) is 7.05 Å². The largest absolute Gasteiger partial charge is 0.436 e. The Bertz CT molecular complexity index is 622. The first-order chi connectivity index (χ1) is 9.30. The van der Waals surface area contributed by atoms with Crippen LogP contribution in [0.3, 0.4) is 0 Å². The third-order valence-corrected chi connectivity index (χ3v) is 4.10. The smallest absolute Gasteiger partial charge is 0.346 e. The lowest BCUT2D eigenvalue weighted by Gasteiger charge is -2.05. The molecule has 0 aliphatic carbocycles. The van der Waals surface area contributed by atoms with E-state index in [1.54, 1.807) is 0 Å². The monoisotopic (exact) mass is 367 g/mol. The summed E-state index contributed by atoms with van der Waals surface area (Å²) in [5.41, 5.74) is -1.27. The molecule has 0 unspecified atom stereocenters. The van der Waals surface area contributed by atoms with E-state index in [1.807, 2.05) is 17.5 Å². The highest BCUT2D eigenvalue weighted by Crippen LogP contribution is 2.35. The normalized spacial score (nSPS) is 11.7. The summed E-state index contributed by atoms with van der Waals surface area (Å²) in [6.45, 7) is 0.259. The van der Waals surface area contributed by atoms with Gasteiger partial charge in [0.15, 0.2) is 5.69 Å². The zero-order valence-corrected chi connectivity index (χ0v) is 12.6. The van der Waals surface area contributed by atoms with Gasteiger partial charge in [0.2, 0.25) is 0 Å². The highest BCUT2D eigenvalue weighted by molar-refractivity contribution is 9.10. The molecule has 0 saturated heterocycles. The Morgan fingerprint density at radius 2 is 2.25 bits per heavy atom. The van der Waals surface area contributed by atoms with Gasteiger partial charge >= 0.3 is 6.18 Å². The predicted molar refractivity (Wildman–Crippen MR) is 71.4 cm³/mol. The highest BCUT2D eigenvalue weighted by Gasteiger charge is 2.39. The maximum Gasteiger partial charge on any atom is 0.436 e. The third-order valence-electron chi connectivity index (χ3n) is 2.48. The number of aryl methyl sites for hydroxylation is 1. The number of rotatable bonds is 3. The summed E-state index contributed by atoms with van der Waals surface area (Å²) in [6, 6.07) is 3.65. The molecule has 20 heavy (non-hydrogen) atoms. The van der Waals surface area contributed by atoms with Crippen molar-refractivity contribution in [1.29, 1.82) is 0 Å². The van der Waals surface area contributed by atoms with Crippen LogP contribution in [0.25, 0.3) is 0 Å². The van der Waals surface area contributed by atoms with E-state index in [4.69, 9.17) is 0 Å². The van der Waals surface area contributed by atoms with E-state index in [2.05, 4.69) is 26.3 Å². The van der Waals surface area contributed by atoms with Crippen molar-refractivity contribution in [3.8, 4) is 0 Å². The SMILES string of the molecule is Cn1nc(C(F)(F)F)c(Br)c1C(=O)NCc1cccs1. The van der Waals surface area contributed by atoms with E-state index < -0.39 is 17.8 Å². The summed E-state index contributed by atoms with van der Waals surface area (Å²) in [7, 11) is 1.29. The zero-order valence-electron chi connectivity index (χ0n) is 10.2. The van der Waals surface area contributed by atoms with Crippen LogP contribution in [0.5, 0.6) is 0 Å². The van der Waals surface area contributed by atoms with Gasteiger partial charge < -0.3 is 5.32 Å². The van der Waals surface area contributed by atoms with Crippen LogP contribution in [0.2, 0.25) is 0 Å². The first-order valence-corrected chi connectivity index (χ1v) is 7.08. The molecule has 2 aromatic heterocycles. The molecule has 0 fully saturated rings. The number of nitrogens with zero attached hydrogens (tertiary/aromatic N) is 2.